The maximum absolute atomic E-state index is 14.1. The van der Waals surface area contributed by atoms with Crippen LogP contribution in [0.3, 0.4) is 0 Å². The molecule has 1 N–H and O–H groups in total. The largest absolute Gasteiger partial charge is 0.493 e. The van der Waals surface area contributed by atoms with Crippen LogP contribution >= 0.6 is 11.8 Å². The fourth-order valence-corrected chi connectivity index (χ4v) is 4.83. The number of amidine groups is 1. The molecule has 3 aromatic rings. The third kappa shape index (κ3) is 4.46. The average molecular weight is 491 g/mol. The van der Waals surface area contributed by atoms with E-state index in [0.717, 1.165) is 5.56 Å². The van der Waals surface area contributed by atoms with Crippen molar-refractivity contribution in [3.63, 3.8) is 0 Å². The fraction of sp³-hybridized carbons (Fsp3) is 0.192. The second kappa shape index (κ2) is 9.79. The van der Waals surface area contributed by atoms with E-state index in [4.69, 9.17) is 19.6 Å². The van der Waals surface area contributed by atoms with E-state index < -0.39 is 6.17 Å². The van der Waals surface area contributed by atoms with Crippen LogP contribution in [0.15, 0.2) is 76.8 Å². The maximum Gasteiger partial charge on any atom is 0.276 e. The van der Waals surface area contributed by atoms with Gasteiger partial charge in [-0.1, -0.05) is 54.2 Å². The number of nitrogens with one attached hydrogen (secondary N) is 1. The predicted molar refractivity (Wildman–Crippen MR) is 133 cm³/mol. The SMILES string of the molecule is CCOc1ccc(C2N=c3ccccc3=C3C(=O)NC(SCc4ccccc4F)=NN32)cc1OC. The molecule has 7 nitrogen and oxygen atoms in total. The smallest absolute Gasteiger partial charge is 0.276 e. The Morgan fingerprint density at radius 2 is 1.89 bits per heavy atom. The highest BCUT2D eigenvalue weighted by Gasteiger charge is 2.34. The molecule has 2 aliphatic heterocycles. The van der Waals surface area contributed by atoms with Crippen molar-refractivity contribution in [1.82, 2.24) is 10.3 Å². The highest BCUT2D eigenvalue weighted by Crippen LogP contribution is 2.36. The van der Waals surface area contributed by atoms with Crippen molar-refractivity contribution in [2.24, 2.45) is 10.1 Å². The molecule has 0 saturated heterocycles. The lowest BCUT2D eigenvalue weighted by Crippen LogP contribution is -2.50. The minimum atomic E-state index is -0.598. The number of ether oxygens (including phenoxy) is 2. The summed E-state index contributed by atoms with van der Waals surface area (Å²) >= 11 is 1.26. The van der Waals surface area contributed by atoms with Crippen LogP contribution in [0, 0.1) is 5.82 Å². The standard InChI is InChI=1S/C26H23FN4O3S/c1-3-34-21-13-12-16(14-22(21)33-2)24-28-20-11-7-5-9-18(20)23-25(32)29-26(30-31(23)24)35-15-17-8-4-6-10-19(17)27/h4-14,24H,3,15H2,1-2H3,(H,29,30,32). The van der Waals surface area contributed by atoms with Gasteiger partial charge in [-0.05, 0) is 36.8 Å². The van der Waals surface area contributed by atoms with E-state index in [0.29, 0.717) is 50.9 Å². The molecule has 9 heteroatoms. The summed E-state index contributed by atoms with van der Waals surface area (Å²) in [5, 5.41) is 11.0. The van der Waals surface area contributed by atoms with Crippen LogP contribution in [0.25, 0.3) is 5.70 Å². The number of thioether (sulfide) groups is 1. The Kier molecular flexibility index (Phi) is 6.41. The molecule has 35 heavy (non-hydrogen) atoms. The number of halogens is 1. The Labute approximate surface area is 206 Å². The topological polar surface area (TPSA) is 75.5 Å². The molecular weight excluding hydrogens is 467 g/mol. The van der Waals surface area contributed by atoms with Crippen molar-refractivity contribution in [2.75, 3.05) is 13.7 Å². The number of nitrogens with zero attached hydrogens (tertiary/aromatic N) is 3. The molecule has 1 atom stereocenters. The maximum atomic E-state index is 14.1. The van der Waals surface area contributed by atoms with Gasteiger partial charge in [-0.2, -0.15) is 0 Å². The van der Waals surface area contributed by atoms with Crippen molar-refractivity contribution < 1.29 is 18.7 Å². The monoisotopic (exact) mass is 490 g/mol. The van der Waals surface area contributed by atoms with E-state index >= 15 is 0 Å². The molecule has 0 fully saturated rings. The number of hydrogen-bond donors (Lipinski definition) is 1. The highest BCUT2D eigenvalue weighted by molar-refractivity contribution is 8.13. The van der Waals surface area contributed by atoms with Crippen LogP contribution in [0.5, 0.6) is 11.5 Å². The molecule has 0 bridgehead atoms. The number of benzene rings is 3. The molecule has 0 aliphatic carbocycles. The van der Waals surface area contributed by atoms with Gasteiger partial charge in [0.05, 0.1) is 19.1 Å². The van der Waals surface area contributed by atoms with Crippen molar-refractivity contribution in [3.05, 3.63) is 94.3 Å². The molecule has 3 aromatic carbocycles. The summed E-state index contributed by atoms with van der Waals surface area (Å²) in [7, 11) is 1.58. The lowest BCUT2D eigenvalue weighted by atomic mass is 10.1. The van der Waals surface area contributed by atoms with Crippen molar-refractivity contribution in [2.45, 2.75) is 18.8 Å². The van der Waals surface area contributed by atoms with E-state index in [1.54, 1.807) is 30.3 Å². The summed E-state index contributed by atoms with van der Waals surface area (Å²) in [4.78, 5) is 18.2. The number of fused-ring (bicyclic) bond motifs is 2. The lowest BCUT2D eigenvalue weighted by molar-refractivity contribution is -0.116. The normalized spacial score (nSPS) is 16.5. The van der Waals surface area contributed by atoms with Gasteiger partial charge < -0.3 is 9.47 Å². The average Bonchev–Trinajstić information content (AvgIpc) is 2.88. The summed E-state index contributed by atoms with van der Waals surface area (Å²) in [5.74, 6) is 0.932. The zero-order valence-corrected chi connectivity index (χ0v) is 20.0. The number of carbonyl (C=O) groups excluding carboxylic acids is 1. The minimum absolute atomic E-state index is 0.290. The minimum Gasteiger partial charge on any atom is -0.493 e. The van der Waals surface area contributed by atoms with Crippen LogP contribution in [0.4, 0.5) is 4.39 Å². The zero-order chi connectivity index (χ0) is 24.4. The Balaban J connectivity index is 1.56. The molecule has 2 aliphatic rings. The first-order chi connectivity index (χ1) is 17.1. The van der Waals surface area contributed by atoms with E-state index in [1.165, 1.54) is 17.8 Å². The van der Waals surface area contributed by atoms with Crippen LogP contribution in [-0.4, -0.2) is 29.8 Å². The van der Waals surface area contributed by atoms with Crippen molar-refractivity contribution in [3.8, 4) is 11.5 Å². The first-order valence-corrected chi connectivity index (χ1v) is 12.1. The molecule has 1 amide bonds. The third-order valence-electron chi connectivity index (χ3n) is 5.62. The van der Waals surface area contributed by atoms with Crippen LogP contribution in [0.1, 0.15) is 24.2 Å². The van der Waals surface area contributed by atoms with Gasteiger partial charge >= 0.3 is 0 Å². The molecule has 5 rings (SSSR count). The molecule has 0 spiro atoms. The second-order valence-electron chi connectivity index (χ2n) is 7.80. The van der Waals surface area contributed by atoms with E-state index in [9.17, 15) is 9.18 Å². The molecule has 178 valence electrons. The van der Waals surface area contributed by atoms with E-state index in [1.807, 2.05) is 49.4 Å². The summed E-state index contributed by atoms with van der Waals surface area (Å²) in [6.07, 6.45) is -0.598. The second-order valence-corrected chi connectivity index (χ2v) is 8.76. The van der Waals surface area contributed by atoms with Crippen LogP contribution in [0.2, 0.25) is 0 Å². The quantitative estimate of drug-likeness (QED) is 0.574. The van der Waals surface area contributed by atoms with Gasteiger partial charge in [-0.3, -0.25) is 15.1 Å². The van der Waals surface area contributed by atoms with E-state index in [-0.39, 0.29) is 11.7 Å². The Hall–Kier alpha value is -3.85. The number of rotatable bonds is 6. The Morgan fingerprint density at radius 3 is 2.69 bits per heavy atom. The van der Waals surface area contributed by atoms with Gasteiger partial charge in [0.2, 0.25) is 0 Å². The number of carbonyl (C=O) groups is 1. The summed E-state index contributed by atoms with van der Waals surface area (Å²) in [6, 6.07) is 19.6. The summed E-state index contributed by atoms with van der Waals surface area (Å²) in [5.41, 5.74) is 1.73. The van der Waals surface area contributed by atoms with Gasteiger partial charge in [0, 0.05) is 16.5 Å². The Morgan fingerprint density at radius 1 is 1.09 bits per heavy atom. The third-order valence-corrected chi connectivity index (χ3v) is 6.54. The van der Waals surface area contributed by atoms with Crippen LogP contribution < -0.4 is 25.4 Å². The lowest BCUT2D eigenvalue weighted by Gasteiger charge is -2.34. The van der Waals surface area contributed by atoms with Crippen LogP contribution in [-0.2, 0) is 10.5 Å². The molecular formula is C26H23FN4O3S. The van der Waals surface area contributed by atoms with Crippen molar-refractivity contribution >= 4 is 28.5 Å². The van der Waals surface area contributed by atoms with Gasteiger partial charge in [0.1, 0.15) is 11.5 Å². The van der Waals surface area contributed by atoms with Gasteiger partial charge in [-0.15, -0.1) is 5.10 Å². The molecule has 0 radical (unpaired) electrons. The first-order valence-electron chi connectivity index (χ1n) is 11.1. The number of methoxy groups -OCH3 is 1. The zero-order valence-electron chi connectivity index (χ0n) is 19.2. The molecule has 2 heterocycles. The summed E-state index contributed by atoms with van der Waals surface area (Å²) < 4.78 is 25.3. The predicted octanol–water partition coefficient (Wildman–Crippen LogP) is 3.31. The molecule has 1 unspecified atom stereocenters. The number of amides is 1. The number of para-hydroxylation sites is 1. The molecule has 0 saturated carbocycles. The highest BCUT2D eigenvalue weighted by atomic mass is 32.2. The van der Waals surface area contributed by atoms with Gasteiger partial charge in [-0.25, -0.2) is 9.40 Å². The summed E-state index contributed by atoms with van der Waals surface area (Å²) in [6.45, 7) is 2.41. The fourth-order valence-electron chi connectivity index (χ4n) is 3.99. The Bertz CT molecular complexity index is 1440. The number of hydrogen-bond acceptors (Lipinski definition) is 7. The van der Waals surface area contributed by atoms with E-state index in [2.05, 4.69) is 5.32 Å². The van der Waals surface area contributed by atoms with Gasteiger partial charge in [0.25, 0.3) is 5.91 Å². The number of hydrazone groups is 1. The van der Waals surface area contributed by atoms with Gasteiger partial charge in [0.15, 0.2) is 22.8 Å². The van der Waals surface area contributed by atoms with Crippen molar-refractivity contribution in [1.29, 1.82) is 0 Å². The first kappa shape index (κ1) is 22.9. The molecule has 0 aromatic heterocycles.